The maximum Gasteiger partial charge on any atom is 0.263 e. The summed E-state index contributed by atoms with van der Waals surface area (Å²) < 4.78 is 17.1. The number of methoxy groups -OCH3 is 3. The van der Waals surface area contributed by atoms with Crippen LogP contribution in [-0.4, -0.2) is 64.3 Å². The Kier molecular flexibility index (Phi) is 7.02. The van der Waals surface area contributed by atoms with Gasteiger partial charge in [0.05, 0.1) is 26.9 Å². The Labute approximate surface area is 184 Å². The average molecular weight is 450 g/mol. The van der Waals surface area contributed by atoms with E-state index in [1.807, 2.05) is 25.1 Å². The van der Waals surface area contributed by atoms with E-state index < -0.39 is 0 Å². The van der Waals surface area contributed by atoms with Gasteiger partial charge in [-0.2, -0.15) is 0 Å². The van der Waals surface area contributed by atoms with Gasteiger partial charge < -0.3 is 19.1 Å². The van der Waals surface area contributed by atoms with Gasteiger partial charge in [0.1, 0.15) is 27.5 Å². The van der Waals surface area contributed by atoms with E-state index in [2.05, 4.69) is 0 Å². The number of amides is 1. The molecule has 0 saturated heterocycles. The summed E-state index contributed by atoms with van der Waals surface area (Å²) in [6.45, 7) is 1.09. The first-order valence-corrected chi connectivity index (χ1v) is 10.4. The van der Waals surface area contributed by atoms with Gasteiger partial charge >= 0.3 is 0 Å². The molecule has 0 aliphatic heterocycles. The van der Waals surface area contributed by atoms with Crippen molar-refractivity contribution in [2.75, 3.05) is 53.4 Å². The SMILES string of the molecule is COc1ccc(Cl)cc1C(=O)N(CCN(C)C)c1nc2c(OC)ccc(OC)c2s1. The highest BCUT2D eigenvalue weighted by Crippen LogP contribution is 2.40. The van der Waals surface area contributed by atoms with Gasteiger partial charge in [-0.05, 0) is 44.4 Å². The second kappa shape index (κ2) is 9.51. The highest BCUT2D eigenvalue weighted by molar-refractivity contribution is 7.22. The van der Waals surface area contributed by atoms with E-state index in [4.69, 9.17) is 30.8 Å². The number of carbonyl (C=O) groups is 1. The standard InChI is InChI=1S/C21H24ClN3O4S/c1-24(2)10-11-25(20(26)14-12-13(22)6-7-15(14)27-3)21-23-18-16(28-4)8-9-17(29-5)19(18)30-21/h6-9,12H,10-11H2,1-5H3. The number of rotatable bonds is 8. The van der Waals surface area contributed by atoms with Gasteiger partial charge in [-0.3, -0.25) is 9.69 Å². The number of halogens is 1. The molecule has 1 amide bonds. The van der Waals surface area contributed by atoms with E-state index in [1.54, 1.807) is 43.4 Å². The van der Waals surface area contributed by atoms with Crippen molar-refractivity contribution in [3.63, 3.8) is 0 Å². The maximum atomic E-state index is 13.5. The highest BCUT2D eigenvalue weighted by atomic mass is 35.5. The second-order valence-corrected chi connectivity index (χ2v) is 8.16. The normalized spacial score (nSPS) is 11.0. The first-order valence-electron chi connectivity index (χ1n) is 9.21. The molecule has 0 spiro atoms. The summed E-state index contributed by atoms with van der Waals surface area (Å²) in [6.07, 6.45) is 0. The van der Waals surface area contributed by atoms with E-state index >= 15 is 0 Å². The maximum absolute atomic E-state index is 13.5. The summed E-state index contributed by atoms with van der Waals surface area (Å²) in [4.78, 5) is 21.9. The minimum atomic E-state index is -0.242. The lowest BCUT2D eigenvalue weighted by molar-refractivity contribution is 0.0982. The van der Waals surface area contributed by atoms with Crippen LogP contribution in [0.4, 0.5) is 5.13 Å². The van der Waals surface area contributed by atoms with Crippen molar-refractivity contribution in [1.82, 2.24) is 9.88 Å². The van der Waals surface area contributed by atoms with Crippen molar-refractivity contribution < 1.29 is 19.0 Å². The van der Waals surface area contributed by atoms with Crippen molar-refractivity contribution in [2.24, 2.45) is 0 Å². The average Bonchev–Trinajstić information content (AvgIpc) is 3.17. The lowest BCUT2D eigenvalue weighted by Crippen LogP contribution is -2.37. The summed E-state index contributed by atoms with van der Waals surface area (Å²) in [5.41, 5.74) is 1.03. The van der Waals surface area contributed by atoms with Crippen LogP contribution in [0.15, 0.2) is 30.3 Å². The summed E-state index contributed by atoms with van der Waals surface area (Å²) in [6, 6.07) is 8.62. The number of fused-ring (bicyclic) bond motifs is 1. The monoisotopic (exact) mass is 449 g/mol. The molecular weight excluding hydrogens is 426 g/mol. The van der Waals surface area contributed by atoms with Crippen LogP contribution in [0, 0.1) is 0 Å². The van der Waals surface area contributed by atoms with E-state index in [0.29, 0.717) is 51.6 Å². The molecule has 0 aliphatic carbocycles. The molecule has 3 aromatic rings. The molecule has 0 radical (unpaired) electrons. The summed E-state index contributed by atoms with van der Waals surface area (Å²) in [5.74, 6) is 1.51. The van der Waals surface area contributed by atoms with Crippen LogP contribution in [0.2, 0.25) is 5.02 Å². The van der Waals surface area contributed by atoms with Crippen LogP contribution in [-0.2, 0) is 0 Å². The zero-order chi connectivity index (χ0) is 21.8. The Morgan fingerprint density at radius 2 is 1.63 bits per heavy atom. The fraction of sp³-hybridized carbons (Fsp3) is 0.333. The van der Waals surface area contributed by atoms with Crippen molar-refractivity contribution in [3.05, 3.63) is 40.9 Å². The summed E-state index contributed by atoms with van der Waals surface area (Å²) in [7, 11) is 8.62. The molecule has 1 heterocycles. The first-order chi connectivity index (χ1) is 14.4. The molecule has 3 rings (SSSR count). The lowest BCUT2D eigenvalue weighted by atomic mass is 10.1. The Balaban J connectivity index is 2.13. The third kappa shape index (κ3) is 4.45. The van der Waals surface area contributed by atoms with Gasteiger partial charge in [0.2, 0.25) is 0 Å². The van der Waals surface area contributed by atoms with Crippen molar-refractivity contribution >= 4 is 44.2 Å². The number of hydrogen-bond acceptors (Lipinski definition) is 7. The molecule has 0 aliphatic rings. The number of carbonyl (C=O) groups excluding carboxylic acids is 1. The molecule has 0 fully saturated rings. The first kappa shape index (κ1) is 22.1. The third-order valence-corrected chi connectivity index (χ3v) is 5.87. The van der Waals surface area contributed by atoms with Gasteiger partial charge in [-0.15, -0.1) is 0 Å². The van der Waals surface area contributed by atoms with Gasteiger partial charge in [0, 0.05) is 18.1 Å². The van der Waals surface area contributed by atoms with E-state index in [-0.39, 0.29) is 5.91 Å². The van der Waals surface area contributed by atoms with E-state index in [0.717, 1.165) is 4.70 Å². The zero-order valence-electron chi connectivity index (χ0n) is 17.6. The number of ether oxygens (including phenoxy) is 3. The minimum absolute atomic E-state index is 0.242. The quantitative estimate of drug-likeness (QED) is 0.514. The summed E-state index contributed by atoms with van der Waals surface area (Å²) in [5, 5.41) is 1.00. The molecule has 7 nitrogen and oxygen atoms in total. The van der Waals surface area contributed by atoms with Gasteiger partial charge in [-0.25, -0.2) is 4.98 Å². The molecule has 0 bridgehead atoms. The van der Waals surface area contributed by atoms with Gasteiger partial charge in [0.15, 0.2) is 5.13 Å². The molecule has 9 heteroatoms. The smallest absolute Gasteiger partial charge is 0.263 e. The van der Waals surface area contributed by atoms with Crippen LogP contribution in [0.25, 0.3) is 10.2 Å². The van der Waals surface area contributed by atoms with Crippen LogP contribution >= 0.6 is 22.9 Å². The van der Waals surface area contributed by atoms with Crippen molar-refractivity contribution in [1.29, 1.82) is 0 Å². The lowest BCUT2D eigenvalue weighted by Gasteiger charge is -2.23. The third-order valence-electron chi connectivity index (χ3n) is 4.54. The Morgan fingerprint density at radius 1 is 1.00 bits per heavy atom. The number of likely N-dealkylation sites (N-methyl/N-ethyl adjacent to an activating group) is 1. The number of benzene rings is 2. The molecule has 1 aromatic heterocycles. The molecule has 0 N–H and O–H groups in total. The van der Waals surface area contributed by atoms with Crippen LogP contribution < -0.4 is 19.1 Å². The molecule has 0 saturated carbocycles. The van der Waals surface area contributed by atoms with E-state index in [9.17, 15) is 4.79 Å². The molecule has 160 valence electrons. The second-order valence-electron chi connectivity index (χ2n) is 6.75. The molecule has 0 atom stereocenters. The van der Waals surface area contributed by atoms with Crippen LogP contribution in [0.3, 0.4) is 0 Å². The zero-order valence-corrected chi connectivity index (χ0v) is 19.1. The van der Waals surface area contributed by atoms with Crippen LogP contribution in [0.5, 0.6) is 17.2 Å². The Hall–Kier alpha value is -2.55. The number of anilines is 1. The fourth-order valence-electron chi connectivity index (χ4n) is 2.97. The summed E-state index contributed by atoms with van der Waals surface area (Å²) >= 11 is 7.53. The molecular formula is C21H24ClN3O4S. The number of nitrogens with zero attached hydrogens (tertiary/aromatic N) is 3. The topological polar surface area (TPSA) is 64.1 Å². The predicted octanol–water partition coefficient (Wildman–Crippen LogP) is 4.18. The van der Waals surface area contributed by atoms with Gasteiger partial charge in [0.25, 0.3) is 5.91 Å². The number of thiazole rings is 1. The van der Waals surface area contributed by atoms with E-state index in [1.165, 1.54) is 18.4 Å². The fourth-order valence-corrected chi connectivity index (χ4v) is 4.24. The Bertz CT molecular complexity index is 1010. The highest BCUT2D eigenvalue weighted by Gasteiger charge is 2.26. The molecule has 2 aromatic carbocycles. The molecule has 0 unspecified atom stereocenters. The number of hydrogen-bond donors (Lipinski definition) is 0. The van der Waals surface area contributed by atoms with Crippen LogP contribution in [0.1, 0.15) is 10.4 Å². The predicted molar refractivity (Wildman–Crippen MR) is 121 cm³/mol. The van der Waals surface area contributed by atoms with Crippen molar-refractivity contribution in [3.8, 4) is 17.2 Å². The number of aromatic nitrogens is 1. The Morgan fingerprint density at radius 3 is 2.27 bits per heavy atom. The van der Waals surface area contributed by atoms with Crippen molar-refractivity contribution in [2.45, 2.75) is 0 Å². The largest absolute Gasteiger partial charge is 0.496 e. The van der Waals surface area contributed by atoms with Gasteiger partial charge in [-0.1, -0.05) is 22.9 Å². The minimum Gasteiger partial charge on any atom is -0.496 e. The molecule has 30 heavy (non-hydrogen) atoms.